The van der Waals surface area contributed by atoms with Gasteiger partial charge < -0.3 is 14.9 Å². The maximum absolute atomic E-state index is 11.7. The van der Waals surface area contributed by atoms with Crippen molar-refractivity contribution >= 4 is 44.7 Å². The fraction of sp³-hybridized carbons (Fsp3) is 0.542. The summed E-state index contributed by atoms with van der Waals surface area (Å²) in [7, 11) is 3.31. The average Bonchev–Trinajstić information content (AvgIpc) is 3.15. The Bertz CT molecular complexity index is 1060. The fourth-order valence-electron chi connectivity index (χ4n) is 4.62. The minimum Gasteiger partial charge on any atom is -0.507 e. The molecule has 2 aromatic rings. The van der Waals surface area contributed by atoms with Crippen LogP contribution in [0.3, 0.4) is 0 Å². The Morgan fingerprint density at radius 1 is 0.853 bits per heavy atom. The number of carbonyl (C=O) groups is 2. The van der Waals surface area contributed by atoms with Gasteiger partial charge in [-0.25, -0.2) is 0 Å². The van der Waals surface area contributed by atoms with Crippen molar-refractivity contribution in [1.82, 2.24) is 19.6 Å². The molecule has 4 rings (SSSR count). The standard InChI is InChI=1S/C24H32N4O3S3/c1-16-23(33-34-24(16)32)19-12-20(14-25-4-8-27(9-5-25)17(2)29)22(31)21(13-19)15-26-6-10-28(11-7-26)18(3)30/h12-13,31H,4-11,14-15H2,1-3H3. The number of hydrogen-bond donors (Lipinski definition) is 1. The van der Waals surface area contributed by atoms with Crippen molar-refractivity contribution in [2.24, 2.45) is 0 Å². The van der Waals surface area contributed by atoms with Gasteiger partial charge in [0.1, 0.15) is 9.57 Å². The third kappa shape index (κ3) is 5.68. The first-order chi connectivity index (χ1) is 16.2. The number of aromatic hydroxyl groups is 1. The van der Waals surface area contributed by atoms with Crippen LogP contribution < -0.4 is 0 Å². The molecule has 1 aromatic carbocycles. The van der Waals surface area contributed by atoms with Gasteiger partial charge >= 0.3 is 0 Å². The summed E-state index contributed by atoms with van der Waals surface area (Å²) in [4.78, 5) is 32.9. The van der Waals surface area contributed by atoms with Crippen LogP contribution in [0, 0.1) is 10.7 Å². The van der Waals surface area contributed by atoms with Gasteiger partial charge in [0, 0.05) is 90.4 Å². The molecule has 0 atom stereocenters. The van der Waals surface area contributed by atoms with E-state index in [-0.39, 0.29) is 11.8 Å². The Hall–Kier alpha value is -1.85. The van der Waals surface area contributed by atoms with Gasteiger partial charge in [0.15, 0.2) is 0 Å². The average molecular weight is 521 g/mol. The lowest BCUT2D eigenvalue weighted by molar-refractivity contribution is -0.131. The van der Waals surface area contributed by atoms with Crippen molar-refractivity contribution in [2.75, 3.05) is 52.4 Å². The van der Waals surface area contributed by atoms with E-state index in [0.29, 0.717) is 45.0 Å². The lowest BCUT2D eigenvalue weighted by atomic mass is 10.00. The highest BCUT2D eigenvalue weighted by atomic mass is 32.9. The number of benzene rings is 1. The van der Waals surface area contributed by atoms with Crippen LogP contribution in [0.1, 0.15) is 30.5 Å². The Morgan fingerprint density at radius 3 is 1.65 bits per heavy atom. The van der Waals surface area contributed by atoms with E-state index in [0.717, 1.165) is 52.3 Å². The normalized spacial score (nSPS) is 17.9. The Balaban J connectivity index is 1.58. The molecule has 2 aliphatic heterocycles. The molecule has 1 aromatic heterocycles. The van der Waals surface area contributed by atoms with Gasteiger partial charge in [-0.15, -0.1) is 0 Å². The first-order valence-corrected chi connectivity index (χ1v) is 14.2. The molecule has 0 radical (unpaired) electrons. The number of carbonyl (C=O) groups excluding carboxylic acids is 2. The molecular formula is C24H32N4O3S3. The monoisotopic (exact) mass is 520 g/mol. The number of amides is 2. The molecule has 7 nitrogen and oxygen atoms in total. The maximum atomic E-state index is 11.7. The van der Waals surface area contributed by atoms with Crippen LogP contribution in [-0.2, 0) is 22.7 Å². The molecule has 0 aliphatic carbocycles. The van der Waals surface area contributed by atoms with Crippen LogP contribution in [0.25, 0.3) is 10.4 Å². The summed E-state index contributed by atoms with van der Waals surface area (Å²) < 4.78 is 0.914. The molecule has 2 fully saturated rings. The van der Waals surface area contributed by atoms with E-state index in [1.54, 1.807) is 34.5 Å². The predicted octanol–water partition coefficient (Wildman–Crippen LogP) is 3.55. The van der Waals surface area contributed by atoms with Crippen molar-refractivity contribution < 1.29 is 14.7 Å². The minimum absolute atomic E-state index is 0.116. The summed E-state index contributed by atoms with van der Waals surface area (Å²) in [6.45, 7) is 12.6. The molecule has 1 N–H and O–H groups in total. The van der Waals surface area contributed by atoms with E-state index in [4.69, 9.17) is 12.2 Å². The molecule has 0 spiro atoms. The van der Waals surface area contributed by atoms with Crippen LogP contribution in [-0.4, -0.2) is 88.9 Å². The van der Waals surface area contributed by atoms with Crippen molar-refractivity contribution in [3.63, 3.8) is 0 Å². The van der Waals surface area contributed by atoms with E-state index >= 15 is 0 Å². The van der Waals surface area contributed by atoms with Gasteiger partial charge in [-0.05, 0) is 30.2 Å². The topological polar surface area (TPSA) is 67.3 Å². The highest BCUT2D eigenvalue weighted by Crippen LogP contribution is 2.38. The second-order valence-electron chi connectivity index (χ2n) is 9.12. The number of nitrogens with zero attached hydrogens (tertiary/aromatic N) is 4. The Labute approximate surface area is 213 Å². The fourth-order valence-corrected chi connectivity index (χ4v) is 7.50. The summed E-state index contributed by atoms with van der Waals surface area (Å²) in [5.41, 5.74) is 4.05. The second-order valence-corrected chi connectivity index (χ2v) is 11.9. The molecule has 0 saturated carbocycles. The maximum Gasteiger partial charge on any atom is 0.219 e. The number of piperazine rings is 2. The highest BCUT2D eigenvalue weighted by molar-refractivity contribution is 7.80. The van der Waals surface area contributed by atoms with E-state index in [2.05, 4.69) is 28.9 Å². The van der Waals surface area contributed by atoms with Gasteiger partial charge in [0.25, 0.3) is 0 Å². The Kier molecular flexibility index (Phi) is 8.04. The van der Waals surface area contributed by atoms with Crippen molar-refractivity contribution in [1.29, 1.82) is 0 Å². The largest absolute Gasteiger partial charge is 0.507 e. The van der Waals surface area contributed by atoms with Gasteiger partial charge in [0.05, 0.1) is 4.88 Å². The molecular weight excluding hydrogens is 488 g/mol. The molecule has 184 valence electrons. The van der Waals surface area contributed by atoms with Gasteiger partial charge in [-0.2, -0.15) is 0 Å². The lowest BCUT2D eigenvalue weighted by Gasteiger charge is -2.35. The van der Waals surface area contributed by atoms with Crippen LogP contribution in [0.2, 0.25) is 0 Å². The molecule has 2 aliphatic rings. The first-order valence-electron chi connectivity index (χ1n) is 11.6. The quantitative estimate of drug-likeness (QED) is 0.481. The summed E-state index contributed by atoms with van der Waals surface area (Å²) in [6.07, 6.45) is 0. The molecule has 0 unspecified atom stereocenters. The molecule has 3 heterocycles. The van der Waals surface area contributed by atoms with Gasteiger partial charge in [0.2, 0.25) is 11.8 Å². The van der Waals surface area contributed by atoms with Crippen LogP contribution in [0.5, 0.6) is 5.75 Å². The third-order valence-corrected chi connectivity index (χ3v) is 10.2. The highest BCUT2D eigenvalue weighted by Gasteiger charge is 2.24. The van der Waals surface area contributed by atoms with E-state index in [1.165, 1.54) is 4.88 Å². The van der Waals surface area contributed by atoms with Crippen molar-refractivity contribution in [3.8, 4) is 16.2 Å². The predicted molar refractivity (Wildman–Crippen MR) is 140 cm³/mol. The van der Waals surface area contributed by atoms with E-state index < -0.39 is 0 Å². The summed E-state index contributed by atoms with van der Waals surface area (Å²) >= 11 is 5.49. The van der Waals surface area contributed by atoms with Crippen LogP contribution >= 0.6 is 32.9 Å². The zero-order valence-corrected chi connectivity index (χ0v) is 22.5. The van der Waals surface area contributed by atoms with E-state index in [1.807, 2.05) is 9.80 Å². The summed E-state index contributed by atoms with van der Waals surface area (Å²) in [5.74, 6) is 0.583. The zero-order valence-electron chi connectivity index (χ0n) is 20.0. The number of phenolic OH excluding ortho intramolecular Hbond substituents is 1. The van der Waals surface area contributed by atoms with Crippen molar-refractivity contribution in [2.45, 2.75) is 33.9 Å². The molecule has 2 saturated heterocycles. The van der Waals surface area contributed by atoms with Crippen LogP contribution in [0.4, 0.5) is 0 Å². The first kappa shape index (κ1) is 25.2. The number of hydrogen-bond acceptors (Lipinski definition) is 8. The van der Waals surface area contributed by atoms with E-state index in [9.17, 15) is 14.7 Å². The Morgan fingerprint density at radius 2 is 1.29 bits per heavy atom. The van der Waals surface area contributed by atoms with Gasteiger partial charge in [-0.1, -0.05) is 32.9 Å². The smallest absolute Gasteiger partial charge is 0.219 e. The summed E-state index contributed by atoms with van der Waals surface area (Å²) in [5, 5.41) is 11.3. The molecule has 10 heteroatoms. The lowest BCUT2D eigenvalue weighted by Crippen LogP contribution is -2.47. The molecule has 34 heavy (non-hydrogen) atoms. The SMILES string of the molecule is CC(=O)N1CCN(Cc2cc(-c3ssc(=S)c3C)cc(CN3CCN(C(C)=O)CC3)c2O)CC1. The molecule has 2 amide bonds. The number of rotatable bonds is 5. The number of phenols is 1. The zero-order chi connectivity index (χ0) is 24.4. The molecule has 0 bridgehead atoms. The van der Waals surface area contributed by atoms with Crippen molar-refractivity contribution in [3.05, 3.63) is 32.6 Å². The second kappa shape index (κ2) is 10.8. The van der Waals surface area contributed by atoms with Crippen LogP contribution in [0.15, 0.2) is 12.1 Å². The summed E-state index contributed by atoms with van der Waals surface area (Å²) in [6, 6.07) is 4.20. The van der Waals surface area contributed by atoms with Gasteiger partial charge in [-0.3, -0.25) is 19.4 Å². The minimum atomic E-state index is 0.116. The third-order valence-electron chi connectivity index (χ3n) is 6.80.